The molecule has 16 heteroatoms. The summed E-state index contributed by atoms with van der Waals surface area (Å²) in [6.07, 6.45) is 1.28. The quantitative estimate of drug-likeness (QED) is 0.0379. The zero-order valence-corrected chi connectivity index (χ0v) is 26.2. The van der Waals surface area contributed by atoms with Gasteiger partial charge in [0.1, 0.15) is 18.4 Å². The van der Waals surface area contributed by atoms with Gasteiger partial charge in [-0.2, -0.15) is 0 Å². The largest absolute Gasteiger partial charge is 0.481 e. The molecular weight excluding hydrogens is 671 g/mol. The van der Waals surface area contributed by atoms with Crippen LogP contribution in [0.5, 0.6) is 0 Å². The van der Waals surface area contributed by atoms with Crippen LogP contribution in [0.3, 0.4) is 0 Å². The Labute approximate surface area is 259 Å². The predicted molar refractivity (Wildman–Crippen MR) is 160 cm³/mol. The Morgan fingerprint density at radius 2 is 1.07 bits per heavy atom. The van der Waals surface area contributed by atoms with E-state index in [9.17, 15) is 39.0 Å². The fourth-order valence-electron chi connectivity index (χ4n) is 4.72. The lowest BCUT2D eigenvalue weighted by atomic mass is 10.1. The molecule has 242 valence electrons. The van der Waals surface area contributed by atoms with Crippen LogP contribution in [0.25, 0.3) is 0 Å². The molecular formula is C26H45IN4O11. The van der Waals surface area contributed by atoms with Gasteiger partial charge in [0.05, 0.1) is 6.04 Å². The van der Waals surface area contributed by atoms with Crippen molar-refractivity contribution in [2.24, 2.45) is 0 Å². The minimum absolute atomic E-state index is 0.110. The lowest BCUT2D eigenvalue weighted by molar-refractivity contribution is -0.144. The molecule has 0 aromatic heterocycles. The normalized spacial score (nSPS) is 13.6. The number of nitrogens with zero attached hydrogens (tertiary/aromatic N) is 3. The molecule has 0 spiro atoms. The first-order valence-corrected chi connectivity index (χ1v) is 15.1. The second-order valence-corrected chi connectivity index (χ2v) is 10.6. The molecule has 15 nitrogen and oxygen atoms in total. The smallest absolute Gasteiger partial charge is 0.320 e. The lowest BCUT2D eigenvalue weighted by Gasteiger charge is -2.35. The number of carbonyl (C=O) groups is 6. The summed E-state index contributed by atoms with van der Waals surface area (Å²) in [5, 5.41) is 46.6. The van der Waals surface area contributed by atoms with Gasteiger partial charge in [-0.05, 0) is 45.1 Å². The number of carboxylic acids is 5. The van der Waals surface area contributed by atoms with E-state index in [2.05, 4.69) is 3.53 Å². The molecule has 0 aromatic rings. The van der Waals surface area contributed by atoms with E-state index in [4.69, 9.17) is 15.3 Å². The topological polar surface area (TPSA) is 225 Å². The molecule has 0 rings (SSSR count). The van der Waals surface area contributed by atoms with Crippen LogP contribution in [0, 0.1) is 0 Å². The second-order valence-electron chi connectivity index (χ2n) is 9.85. The third kappa shape index (κ3) is 17.5. The molecule has 0 heterocycles. The molecule has 0 fully saturated rings. The van der Waals surface area contributed by atoms with Gasteiger partial charge in [0.25, 0.3) is 0 Å². The Bertz CT molecular complexity index is 864. The molecule has 3 unspecified atom stereocenters. The fraction of sp³-hybridized carbons (Fsp3) is 0.769. The number of nitrogens with one attached hydrogen (secondary N) is 1. The van der Waals surface area contributed by atoms with E-state index in [1.165, 1.54) is 0 Å². The summed E-state index contributed by atoms with van der Waals surface area (Å²) in [7, 11) is 0. The van der Waals surface area contributed by atoms with Crippen LogP contribution in [-0.4, -0.2) is 140 Å². The maximum atomic E-state index is 12.1. The third-order valence-electron chi connectivity index (χ3n) is 6.95. The molecule has 0 radical (unpaired) electrons. The molecule has 42 heavy (non-hydrogen) atoms. The first-order valence-electron chi connectivity index (χ1n) is 14.0. The van der Waals surface area contributed by atoms with E-state index in [-0.39, 0.29) is 84.0 Å². The SMILES string of the molecule is CCN(CCN(CCN(CCNI)C(CCCC(=O)O)C(=O)O)C(C=O)CCCC(=O)O)C(CCCC(=O)O)C(=O)O. The van der Waals surface area contributed by atoms with Gasteiger partial charge in [-0.15, -0.1) is 0 Å². The van der Waals surface area contributed by atoms with Gasteiger partial charge in [0.15, 0.2) is 0 Å². The minimum Gasteiger partial charge on any atom is -0.481 e. The zero-order valence-electron chi connectivity index (χ0n) is 24.0. The standard InChI is InChI=1S/C26H45IN4O11/c1-2-29(20(25(39)40)7-4-10-23(35)36)14-15-30(19(18-32)6-3-9-22(33)34)16-17-31(13-12-28-27)21(26(41)42)8-5-11-24(37)38/h18-21,28H,2-17H2,1H3,(H,33,34)(H,35,36)(H,37,38)(H,39,40)(H,41,42). The fourth-order valence-corrected chi connectivity index (χ4v) is 4.96. The van der Waals surface area contributed by atoms with Gasteiger partial charge in [0.2, 0.25) is 0 Å². The monoisotopic (exact) mass is 716 g/mol. The number of aliphatic carboxylic acids is 5. The lowest BCUT2D eigenvalue weighted by Crippen LogP contribution is -2.51. The van der Waals surface area contributed by atoms with E-state index in [1.54, 1.807) is 21.6 Å². The van der Waals surface area contributed by atoms with Gasteiger partial charge >= 0.3 is 29.8 Å². The first-order chi connectivity index (χ1) is 19.9. The van der Waals surface area contributed by atoms with Crippen molar-refractivity contribution in [2.45, 2.75) is 82.8 Å². The van der Waals surface area contributed by atoms with E-state index < -0.39 is 48.0 Å². The van der Waals surface area contributed by atoms with Crippen LogP contribution in [-0.2, 0) is 28.8 Å². The van der Waals surface area contributed by atoms with E-state index in [0.717, 1.165) is 0 Å². The Balaban J connectivity index is 5.86. The number of hydrogen-bond donors (Lipinski definition) is 6. The highest BCUT2D eigenvalue weighted by atomic mass is 127. The van der Waals surface area contributed by atoms with E-state index in [1.807, 2.05) is 22.9 Å². The number of rotatable bonds is 28. The van der Waals surface area contributed by atoms with Crippen molar-refractivity contribution in [1.82, 2.24) is 18.2 Å². The Kier molecular flexibility index (Phi) is 21.8. The van der Waals surface area contributed by atoms with Gasteiger partial charge < -0.3 is 30.3 Å². The average molecular weight is 717 g/mol. The molecule has 3 atom stereocenters. The highest BCUT2D eigenvalue weighted by molar-refractivity contribution is 14.1. The maximum absolute atomic E-state index is 12.1. The number of carbonyl (C=O) groups excluding carboxylic acids is 1. The number of halogens is 1. The molecule has 0 aliphatic heterocycles. The number of carboxylic acid groups (broad SMARTS) is 5. The van der Waals surface area contributed by atoms with Crippen molar-refractivity contribution in [1.29, 1.82) is 0 Å². The summed E-state index contributed by atoms with van der Waals surface area (Å²) < 4.78 is 2.94. The molecule has 0 aliphatic rings. The van der Waals surface area contributed by atoms with Crippen molar-refractivity contribution in [3.63, 3.8) is 0 Å². The van der Waals surface area contributed by atoms with Crippen LogP contribution in [0.2, 0.25) is 0 Å². The highest BCUT2D eigenvalue weighted by Gasteiger charge is 2.29. The van der Waals surface area contributed by atoms with E-state index in [0.29, 0.717) is 25.9 Å². The molecule has 6 N–H and O–H groups in total. The van der Waals surface area contributed by atoms with Crippen LogP contribution in [0.4, 0.5) is 0 Å². The zero-order chi connectivity index (χ0) is 32.1. The Morgan fingerprint density at radius 3 is 1.45 bits per heavy atom. The third-order valence-corrected chi connectivity index (χ3v) is 7.49. The van der Waals surface area contributed by atoms with Gasteiger partial charge in [-0.3, -0.25) is 42.2 Å². The summed E-state index contributed by atoms with van der Waals surface area (Å²) in [6, 6.07) is -2.59. The van der Waals surface area contributed by atoms with Gasteiger partial charge in [-0.25, -0.2) is 0 Å². The van der Waals surface area contributed by atoms with Crippen LogP contribution < -0.4 is 3.53 Å². The minimum atomic E-state index is -1.10. The predicted octanol–water partition coefficient (Wildman–Crippen LogP) is 1.09. The van der Waals surface area contributed by atoms with Crippen LogP contribution in [0.1, 0.15) is 64.7 Å². The Hall–Kier alpha value is -2.41. The molecule has 0 aromatic carbocycles. The van der Waals surface area contributed by atoms with Crippen molar-refractivity contribution in [3.05, 3.63) is 0 Å². The maximum Gasteiger partial charge on any atom is 0.320 e. The summed E-state index contributed by atoms with van der Waals surface area (Å²) >= 11 is 1.93. The highest BCUT2D eigenvalue weighted by Crippen LogP contribution is 2.15. The van der Waals surface area contributed by atoms with E-state index >= 15 is 0 Å². The van der Waals surface area contributed by atoms with Crippen molar-refractivity contribution < 1.29 is 54.3 Å². The molecule has 0 saturated carbocycles. The van der Waals surface area contributed by atoms with Gasteiger partial charge in [0, 0.05) is 81.4 Å². The number of aldehydes is 1. The molecule has 0 saturated heterocycles. The number of hydrogen-bond acceptors (Lipinski definition) is 10. The summed E-state index contributed by atoms with van der Waals surface area (Å²) in [5.41, 5.74) is 0. The molecule has 0 amide bonds. The average Bonchev–Trinajstić information content (AvgIpc) is 2.91. The summed E-state index contributed by atoms with van der Waals surface area (Å²) in [6.45, 7) is 3.77. The second kappa shape index (κ2) is 23.1. The van der Waals surface area contributed by atoms with Crippen molar-refractivity contribution in [2.75, 3.05) is 45.8 Å². The van der Waals surface area contributed by atoms with Crippen molar-refractivity contribution in [3.8, 4) is 0 Å². The van der Waals surface area contributed by atoms with Crippen LogP contribution in [0.15, 0.2) is 0 Å². The van der Waals surface area contributed by atoms with Crippen molar-refractivity contribution >= 4 is 59.0 Å². The summed E-state index contributed by atoms with van der Waals surface area (Å²) in [5.74, 6) is -5.24. The summed E-state index contributed by atoms with van der Waals surface area (Å²) in [4.78, 5) is 74.3. The van der Waals surface area contributed by atoms with Crippen LogP contribution >= 0.6 is 22.9 Å². The van der Waals surface area contributed by atoms with Gasteiger partial charge in [-0.1, -0.05) is 6.92 Å². The first kappa shape index (κ1) is 39.6. The molecule has 0 bridgehead atoms. The number of likely N-dealkylation sites (N-methyl/N-ethyl adjacent to an activating group) is 1. The molecule has 0 aliphatic carbocycles. The Morgan fingerprint density at radius 1 is 0.667 bits per heavy atom.